The summed E-state index contributed by atoms with van der Waals surface area (Å²) in [5, 5.41) is 3.62. The van der Waals surface area contributed by atoms with Crippen molar-refractivity contribution < 1.29 is 4.79 Å². The van der Waals surface area contributed by atoms with E-state index in [9.17, 15) is 4.79 Å². The first-order chi connectivity index (χ1) is 8.72. The molecule has 1 aromatic rings. The van der Waals surface area contributed by atoms with Crippen LogP contribution in [-0.2, 0) is 0 Å². The first-order valence-corrected chi connectivity index (χ1v) is 7.27. The van der Waals surface area contributed by atoms with Gasteiger partial charge in [0.15, 0.2) is 5.13 Å². The van der Waals surface area contributed by atoms with Gasteiger partial charge in [0.1, 0.15) is 10.7 Å². The molecule has 5 nitrogen and oxygen atoms in total. The van der Waals surface area contributed by atoms with E-state index in [-0.39, 0.29) is 5.91 Å². The van der Waals surface area contributed by atoms with Crippen LogP contribution in [-0.4, -0.2) is 35.9 Å². The number of thiazole rings is 1. The highest BCUT2D eigenvalue weighted by Gasteiger charge is 2.22. The maximum Gasteiger partial charge on any atom is 0.267 e. The first kappa shape index (κ1) is 13.1. The van der Waals surface area contributed by atoms with Crippen molar-refractivity contribution in [3.8, 4) is 0 Å². The number of carbonyl (C=O) groups excluding carboxylic acids is 1. The number of rotatable bonds is 2. The van der Waals surface area contributed by atoms with Gasteiger partial charge in [-0.1, -0.05) is 30.6 Å². The van der Waals surface area contributed by atoms with Crippen LogP contribution < -0.4 is 11.1 Å². The fraction of sp³-hybridized carbons (Fsp3) is 0.667. The van der Waals surface area contributed by atoms with Crippen molar-refractivity contribution in [2.45, 2.75) is 32.1 Å². The zero-order valence-corrected chi connectivity index (χ0v) is 11.6. The van der Waals surface area contributed by atoms with Gasteiger partial charge in [-0.05, 0) is 12.8 Å². The molecule has 1 saturated heterocycles. The summed E-state index contributed by atoms with van der Waals surface area (Å²) in [4.78, 5) is 19.0. The SMILES string of the molecule is CNc1nc(N)c(C(=O)N2CCCCCCC2)s1. The number of aromatic nitrogens is 1. The van der Waals surface area contributed by atoms with Crippen LogP contribution in [0.4, 0.5) is 10.9 Å². The molecular formula is C12H20N4OS. The van der Waals surface area contributed by atoms with E-state index in [0.717, 1.165) is 25.9 Å². The van der Waals surface area contributed by atoms with E-state index in [2.05, 4.69) is 10.3 Å². The van der Waals surface area contributed by atoms with Crippen LogP contribution in [0.5, 0.6) is 0 Å². The Balaban J connectivity index is 2.10. The van der Waals surface area contributed by atoms with Gasteiger partial charge >= 0.3 is 0 Å². The first-order valence-electron chi connectivity index (χ1n) is 6.45. The van der Waals surface area contributed by atoms with Crippen LogP contribution in [0.15, 0.2) is 0 Å². The number of nitrogens with two attached hydrogens (primary N) is 1. The second-order valence-electron chi connectivity index (χ2n) is 4.54. The fourth-order valence-electron chi connectivity index (χ4n) is 2.19. The lowest BCUT2D eigenvalue weighted by Gasteiger charge is -2.24. The third kappa shape index (κ3) is 2.93. The molecule has 1 aliphatic rings. The van der Waals surface area contributed by atoms with Crippen molar-refractivity contribution in [2.75, 3.05) is 31.2 Å². The molecular weight excluding hydrogens is 248 g/mol. The summed E-state index contributed by atoms with van der Waals surface area (Å²) in [6.45, 7) is 1.68. The highest BCUT2D eigenvalue weighted by Crippen LogP contribution is 2.26. The average molecular weight is 268 g/mol. The van der Waals surface area contributed by atoms with Crippen molar-refractivity contribution in [1.29, 1.82) is 0 Å². The van der Waals surface area contributed by atoms with Gasteiger partial charge in [0, 0.05) is 20.1 Å². The van der Waals surface area contributed by atoms with Crippen LogP contribution in [0, 0.1) is 0 Å². The van der Waals surface area contributed by atoms with E-state index in [1.165, 1.54) is 30.6 Å². The zero-order chi connectivity index (χ0) is 13.0. The van der Waals surface area contributed by atoms with Crippen LogP contribution in [0.1, 0.15) is 41.8 Å². The number of carbonyl (C=O) groups is 1. The Morgan fingerprint density at radius 2 is 1.89 bits per heavy atom. The predicted molar refractivity (Wildman–Crippen MR) is 75.1 cm³/mol. The predicted octanol–water partition coefficient (Wildman–Crippen LogP) is 2.17. The normalized spacial score (nSPS) is 17.1. The third-order valence-corrected chi connectivity index (χ3v) is 4.28. The topological polar surface area (TPSA) is 71.2 Å². The van der Waals surface area contributed by atoms with Gasteiger partial charge in [0.2, 0.25) is 0 Å². The number of nitrogens with zero attached hydrogens (tertiary/aromatic N) is 2. The molecule has 0 atom stereocenters. The molecule has 100 valence electrons. The number of hydrogen-bond acceptors (Lipinski definition) is 5. The summed E-state index contributed by atoms with van der Waals surface area (Å²) >= 11 is 1.33. The van der Waals surface area contributed by atoms with E-state index in [4.69, 9.17) is 5.73 Å². The van der Waals surface area contributed by atoms with Crippen LogP contribution in [0.3, 0.4) is 0 Å². The minimum Gasteiger partial charge on any atom is -0.382 e. The lowest BCUT2D eigenvalue weighted by Crippen LogP contribution is -2.33. The van der Waals surface area contributed by atoms with Crippen molar-refractivity contribution >= 4 is 28.2 Å². The second kappa shape index (κ2) is 6.04. The maximum atomic E-state index is 12.4. The fourth-order valence-corrected chi connectivity index (χ4v) is 2.99. The summed E-state index contributed by atoms with van der Waals surface area (Å²) < 4.78 is 0. The van der Waals surface area contributed by atoms with E-state index in [1.54, 1.807) is 7.05 Å². The third-order valence-electron chi connectivity index (χ3n) is 3.20. The Labute approximate surface area is 111 Å². The zero-order valence-electron chi connectivity index (χ0n) is 10.7. The summed E-state index contributed by atoms with van der Waals surface area (Å²) in [7, 11) is 1.78. The van der Waals surface area contributed by atoms with E-state index >= 15 is 0 Å². The average Bonchev–Trinajstić information content (AvgIpc) is 2.69. The van der Waals surface area contributed by atoms with Gasteiger partial charge in [-0.3, -0.25) is 4.79 Å². The Hall–Kier alpha value is -1.30. The Bertz CT molecular complexity index is 410. The molecule has 0 spiro atoms. The molecule has 0 bridgehead atoms. The van der Waals surface area contributed by atoms with Crippen molar-refractivity contribution in [1.82, 2.24) is 9.88 Å². The molecule has 2 heterocycles. The molecule has 0 radical (unpaired) electrons. The number of amides is 1. The summed E-state index contributed by atoms with van der Waals surface area (Å²) in [5.41, 5.74) is 5.81. The molecule has 1 fully saturated rings. The number of nitrogens with one attached hydrogen (secondary N) is 1. The van der Waals surface area contributed by atoms with Gasteiger partial charge in [-0.25, -0.2) is 4.98 Å². The minimum absolute atomic E-state index is 0.0356. The number of nitrogen functional groups attached to an aromatic ring is 1. The maximum absolute atomic E-state index is 12.4. The Kier molecular flexibility index (Phi) is 4.41. The lowest BCUT2D eigenvalue weighted by atomic mass is 10.1. The molecule has 0 saturated carbocycles. The van der Waals surface area contributed by atoms with Crippen LogP contribution in [0.25, 0.3) is 0 Å². The Morgan fingerprint density at radius 1 is 1.28 bits per heavy atom. The summed E-state index contributed by atoms with van der Waals surface area (Å²) in [6, 6.07) is 0. The quantitative estimate of drug-likeness (QED) is 0.862. The van der Waals surface area contributed by atoms with Crippen molar-refractivity contribution in [2.24, 2.45) is 0 Å². The largest absolute Gasteiger partial charge is 0.382 e. The molecule has 1 aliphatic heterocycles. The van der Waals surface area contributed by atoms with Crippen molar-refractivity contribution in [3.05, 3.63) is 4.88 Å². The summed E-state index contributed by atoms with van der Waals surface area (Å²) in [5.74, 6) is 0.379. The lowest BCUT2D eigenvalue weighted by molar-refractivity contribution is 0.0748. The van der Waals surface area contributed by atoms with Gasteiger partial charge in [-0.2, -0.15) is 0 Å². The van der Waals surface area contributed by atoms with Gasteiger partial charge in [0.25, 0.3) is 5.91 Å². The van der Waals surface area contributed by atoms with E-state index in [0.29, 0.717) is 15.8 Å². The highest BCUT2D eigenvalue weighted by molar-refractivity contribution is 7.18. The number of anilines is 2. The molecule has 0 aromatic carbocycles. The molecule has 3 N–H and O–H groups in total. The monoisotopic (exact) mass is 268 g/mol. The second-order valence-corrected chi connectivity index (χ2v) is 5.54. The van der Waals surface area contributed by atoms with Gasteiger partial charge < -0.3 is 16.0 Å². The molecule has 6 heteroatoms. The highest BCUT2D eigenvalue weighted by atomic mass is 32.1. The van der Waals surface area contributed by atoms with E-state index in [1.807, 2.05) is 4.90 Å². The summed E-state index contributed by atoms with van der Waals surface area (Å²) in [6.07, 6.45) is 5.88. The molecule has 0 aliphatic carbocycles. The molecule has 2 rings (SSSR count). The molecule has 1 amide bonds. The van der Waals surface area contributed by atoms with Crippen molar-refractivity contribution in [3.63, 3.8) is 0 Å². The standard InChI is InChI=1S/C12H20N4OS/c1-14-12-15-10(13)9(18-12)11(17)16-7-5-3-2-4-6-8-16/h2-8,13H2,1H3,(H,14,15). The smallest absolute Gasteiger partial charge is 0.267 e. The minimum atomic E-state index is 0.0356. The van der Waals surface area contributed by atoms with Gasteiger partial charge in [0.05, 0.1) is 0 Å². The van der Waals surface area contributed by atoms with Crippen LogP contribution in [0.2, 0.25) is 0 Å². The molecule has 18 heavy (non-hydrogen) atoms. The Morgan fingerprint density at radius 3 is 2.44 bits per heavy atom. The number of hydrogen-bond donors (Lipinski definition) is 2. The van der Waals surface area contributed by atoms with Crippen LogP contribution >= 0.6 is 11.3 Å². The van der Waals surface area contributed by atoms with Gasteiger partial charge in [-0.15, -0.1) is 0 Å². The molecule has 0 unspecified atom stereocenters. The molecule has 1 aromatic heterocycles. The number of likely N-dealkylation sites (tertiary alicyclic amines) is 1. The van der Waals surface area contributed by atoms with E-state index < -0.39 is 0 Å².